The van der Waals surface area contributed by atoms with Crippen LogP contribution in [-0.4, -0.2) is 27.7 Å². The van der Waals surface area contributed by atoms with Crippen LogP contribution in [0.5, 0.6) is 5.75 Å². The van der Waals surface area contributed by atoms with E-state index in [9.17, 15) is 4.79 Å². The monoisotopic (exact) mass is 307 g/mol. The van der Waals surface area contributed by atoms with E-state index in [-0.39, 0.29) is 12.3 Å². The van der Waals surface area contributed by atoms with Crippen molar-refractivity contribution in [3.8, 4) is 18.1 Å². The number of carbonyl (C=O) groups is 1. The molecule has 7 heteroatoms. The van der Waals surface area contributed by atoms with E-state index in [2.05, 4.69) is 26.4 Å². The van der Waals surface area contributed by atoms with Crippen LogP contribution in [-0.2, 0) is 0 Å². The van der Waals surface area contributed by atoms with Gasteiger partial charge in [-0.15, -0.1) is 16.6 Å². The van der Waals surface area contributed by atoms with Crippen LogP contribution in [0.1, 0.15) is 10.5 Å². The minimum Gasteiger partial charge on any atom is -0.481 e. The number of nitrogens with one attached hydrogen (secondary N) is 2. The van der Waals surface area contributed by atoms with Crippen LogP contribution in [0.3, 0.4) is 0 Å². The molecule has 7 nitrogen and oxygen atoms in total. The van der Waals surface area contributed by atoms with Crippen LogP contribution >= 0.6 is 0 Å². The first-order valence-electron chi connectivity index (χ1n) is 6.76. The van der Waals surface area contributed by atoms with Gasteiger partial charge >= 0.3 is 0 Å². The molecule has 0 atom stereocenters. The highest BCUT2D eigenvalue weighted by molar-refractivity contribution is 6.05. The second-order valence-corrected chi connectivity index (χ2v) is 4.67. The highest BCUT2D eigenvalue weighted by atomic mass is 16.5. The van der Waals surface area contributed by atoms with Crippen LogP contribution in [0, 0.1) is 12.3 Å². The topological polar surface area (TPSA) is 106 Å². The molecule has 0 radical (unpaired) electrons. The quantitative estimate of drug-likeness (QED) is 0.623. The highest BCUT2D eigenvalue weighted by Gasteiger charge is 2.16. The van der Waals surface area contributed by atoms with E-state index in [1.165, 1.54) is 0 Å². The summed E-state index contributed by atoms with van der Waals surface area (Å²) in [6.45, 7) is 0.205. The maximum Gasteiger partial charge on any atom is 0.271 e. The summed E-state index contributed by atoms with van der Waals surface area (Å²) in [4.78, 5) is 14.5. The summed E-state index contributed by atoms with van der Waals surface area (Å²) in [7, 11) is 0. The third-order valence-electron chi connectivity index (χ3n) is 3.16. The number of nitrogens with zero attached hydrogens (tertiary/aromatic N) is 2. The molecular weight excluding hydrogens is 294 g/mol. The fourth-order valence-electron chi connectivity index (χ4n) is 2.13. The Morgan fingerprint density at radius 3 is 2.78 bits per heavy atom. The molecule has 0 bridgehead atoms. The van der Waals surface area contributed by atoms with Gasteiger partial charge in [0.05, 0.1) is 5.69 Å². The summed E-state index contributed by atoms with van der Waals surface area (Å²) >= 11 is 0. The van der Waals surface area contributed by atoms with Crippen molar-refractivity contribution < 1.29 is 9.53 Å². The van der Waals surface area contributed by atoms with Crippen molar-refractivity contribution in [1.82, 2.24) is 15.2 Å². The Bertz CT molecular complexity index is 893. The molecule has 0 aliphatic heterocycles. The fourth-order valence-corrected chi connectivity index (χ4v) is 2.13. The maximum absolute atomic E-state index is 11.6. The molecule has 0 fully saturated rings. The molecule has 0 saturated carbocycles. The van der Waals surface area contributed by atoms with Gasteiger partial charge in [-0.1, -0.05) is 5.92 Å². The number of hydrogen-bond acceptors (Lipinski definition) is 5. The van der Waals surface area contributed by atoms with Gasteiger partial charge in [-0.3, -0.25) is 4.79 Å². The predicted molar refractivity (Wildman–Crippen MR) is 86.5 cm³/mol. The molecule has 1 amide bonds. The Labute approximate surface area is 131 Å². The van der Waals surface area contributed by atoms with Crippen molar-refractivity contribution in [2.45, 2.75) is 0 Å². The summed E-state index contributed by atoms with van der Waals surface area (Å²) in [6, 6.07) is 8.94. The van der Waals surface area contributed by atoms with Crippen LogP contribution < -0.4 is 15.8 Å². The fraction of sp³-hybridized carbons (Fsp3) is 0.0625. The summed E-state index contributed by atoms with van der Waals surface area (Å²) < 4.78 is 5.31. The molecule has 114 valence electrons. The van der Waals surface area contributed by atoms with Gasteiger partial charge in [-0.05, 0) is 30.3 Å². The van der Waals surface area contributed by atoms with Crippen LogP contribution in [0.4, 0.5) is 11.4 Å². The first-order valence-corrected chi connectivity index (χ1v) is 6.76. The lowest BCUT2D eigenvalue weighted by Crippen LogP contribution is -2.16. The van der Waals surface area contributed by atoms with Crippen molar-refractivity contribution in [1.29, 1.82) is 0 Å². The van der Waals surface area contributed by atoms with Crippen molar-refractivity contribution in [3.63, 3.8) is 0 Å². The number of rotatable bonds is 5. The van der Waals surface area contributed by atoms with E-state index in [1.54, 1.807) is 36.5 Å². The molecule has 0 aliphatic carbocycles. The second kappa shape index (κ2) is 6.07. The zero-order chi connectivity index (χ0) is 16.2. The molecule has 2 heterocycles. The standard InChI is InChI=1S/C16H13N5O2/c1-2-9-23-11-5-3-10(4-6-11)19-13-12-7-8-18-16(12)21-20-14(13)15(17)22/h1,3-8H,9H2,(H2,17,22)(H2,18,19,21). The zero-order valence-corrected chi connectivity index (χ0v) is 12.0. The molecule has 4 N–H and O–H groups in total. The number of anilines is 2. The van der Waals surface area contributed by atoms with Gasteiger partial charge in [-0.25, -0.2) is 0 Å². The Hall–Kier alpha value is -3.53. The average Bonchev–Trinajstić information content (AvgIpc) is 3.03. The van der Waals surface area contributed by atoms with Crippen LogP contribution in [0.15, 0.2) is 36.5 Å². The number of aromatic nitrogens is 3. The normalized spacial score (nSPS) is 10.2. The minimum absolute atomic E-state index is 0.0739. The number of primary amides is 1. The highest BCUT2D eigenvalue weighted by Crippen LogP contribution is 2.28. The molecular formula is C16H13N5O2. The van der Waals surface area contributed by atoms with E-state index in [0.29, 0.717) is 17.1 Å². The van der Waals surface area contributed by atoms with Gasteiger partial charge in [0.1, 0.15) is 12.4 Å². The van der Waals surface area contributed by atoms with Crippen molar-refractivity contribution in [2.75, 3.05) is 11.9 Å². The molecule has 0 aliphatic rings. The van der Waals surface area contributed by atoms with E-state index < -0.39 is 5.91 Å². The average molecular weight is 307 g/mol. The number of aromatic amines is 1. The lowest BCUT2D eigenvalue weighted by molar-refractivity contribution is 0.0995. The van der Waals surface area contributed by atoms with Gasteiger partial charge in [0.2, 0.25) is 0 Å². The minimum atomic E-state index is -0.655. The Morgan fingerprint density at radius 2 is 2.09 bits per heavy atom. The summed E-state index contributed by atoms with van der Waals surface area (Å²) in [5.41, 5.74) is 7.26. The molecule has 2 aromatic heterocycles. The number of amides is 1. The number of fused-ring (bicyclic) bond motifs is 1. The zero-order valence-electron chi connectivity index (χ0n) is 12.0. The number of benzene rings is 1. The summed E-state index contributed by atoms with van der Waals surface area (Å²) in [5, 5.41) is 11.7. The number of carbonyl (C=O) groups excluding carboxylic acids is 1. The van der Waals surface area contributed by atoms with Crippen LogP contribution in [0.25, 0.3) is 11.0 Å². The van der Waals surface area contributed by atoms with E-state index >= 15 is 0 Å². The first-order chi connectivity index (χ1) is 11.2. The van der Waals surface area contributed by atoms with Gasteiger partial charge in [0.15, 0.2) is 11.3 Å². The summed E-state index contributed by atoms with van der Waals surface area (Å²) in [5.74, 6) is 2.40. The number of H-pyrrole nitrogens is 1. The van der Waals surface area contributed by atoms with Gasteiger partial charge in [0.25, 0.3) is 5.91 Å². The number of terminal acetylenes is 1. The Kier molecular flexibility index (Phi) is 3.80. The van der Waals surface area contributed by atoms with Crippen molar-refractivity contribution >= 4 is 28.3 Å². The van der Waals surface area contributed by atoms with Gasteiger partial charge in [-0.2, -0.15) is 0 Å². The SMILES string of the molecule is C#CCOc1ccc(Nc2c(C(N)=O)nnc3[nH]ccc23)cc1. The second-order valence-electron chi connectivity index (χ2n) is 4.67. The summed E-state index contributed by atoms with van der Waals surface area (Å²) in [6.07, 6.45) is 6.86. The first kappa shape index (κ1) is 14.4. The Morgan fingerprint density at radius 1 is 1.30 bits per heavy atom. The van der Waals surface area contributed by atoms with Gasteiger partial charge in [0, 0.05) is 17.3 Å². The molecule has 23 heavy (non-hydrogen) atoms. The van der Waals surface area contributed by atoms with Crippen LogP contribution in [0.2, 0.25) is 0 Å². The molecule has 0 saturated heterocycles. The van der Waals surface area contributed by atoms with E-state index in [0.717, 1.165) is 11.1 Å². The van der Waals surface area contributed by atoms with E-state index in [1.807, 2.05) is 0 Å². The number of nitrogens with two attached hydrogens (primary N) is 1. The number of ether oxygens (including phenoxy) is 1. The maximum atomic E-state index is 11.6. The Balaban J connectivity index is 1.94. The lowest BCUT2D eigenvalue weighted by Gasteiger charge is -2.11. The predicted octanol–water partition coefficient (Wildman–Crippen LogP) is 1.81. The smallest absolute Gasteiger partial charge is 0.271 e. The third-order valence-corrected chi connectivity index (χ3v) is 3.16. The molecule has 1 aromatic carbocycles. The van der Waals surface area contributed by atoms with Crippen molar-refractivity contribution in [3.05, 3.63) is 42.2 Å². The molecule has 0 spiro atoms. The third kappa shape index (κ3) is 2.91. The number of hydrogen-bond donors (Lipinski definition) is 3. The molecule has 3 rings (SSSR count). The largest absolute Gasteiger partial charge is 0.481 e. The van der Waals surface area contributed by atoms with Crippen molar-refractivity contribution in [2.24, 2.45) is 5.73 Å². The van der Waals surface area contributed by atoms with Gasteiger partial charge < -0.3 is 20.8 Å². The van der Waals surface area contributed by atoms with E-state index in [4.69, 9.17) is 16.9 Å². The molecule has 0 unspecified atom stereocenters. The lowest BCUT2D eigenvalue weighted by atomic mass is 10.2. The molecule has 3 aromatic rings.